The lowest BCUT2D eigenvalue weighted by Crippen LogP contribution is -2.43. The van der Waals surface area contributed by atoms with Crippen LogP contribution in [0.2, 0.25) is 5.02 Å². The Labute approximate surface area is 164 Å². The number of benzene rings is 2. The van der Waals surface area contributed by atoms with Gasteiger partial charge in [-0.2, -0.15) is 0 Å². The second-order valence-electron chi connectivity index (χ2n) is 7.01. The van der Waals surface area contributed by atoms with Gasteiger partial charge in [-0.25, -0.2) is 0 Å². The number of amides is 1. The maximum absolute atomic E-state index is 13.0. The van der Waals surface area contributed by atoms with Crippen LogP contribution in [0.3, 0.4) is 0 Å². The predicted molar refractivity (Wildman–Crippen MR) is 105 cm³/mol. The Morgan fingerprint density at radius 3 is 2.48 bits per heavy atom. The van der Waals surface area contributed by atoms with Crippen LogP contribution in [0.4, 0.5) is 0 Å². The molecule has 2 aromatic rings. The molecule has 0 aliphatic carbocycles. The van der Waals surface area contributed by atoms with Crippen molar-refractivity contribution in [3.63, 3.8) is 0 Å². The van der Waals surface area contributed by atoms with Gasteiger partial charge in [-0.1, -0.05) is 17.7 Å². The first-order chi connectivity index (χ1) is 12.9. The van der Waals surface area contributed by atoms with E-state index in [-0.39, 0.29) is 5.91 Å². The molecule has 0 radical (unpaired) electrons. The van der Waals surface area contributed by atoms with E-state index in [1.54, 1.807) is 24.1 Å². The van der Waals surface area contributed by atoms with Gasteiger partial charge in [0, 0.05) is 12.1 Å². The Kier molecular flexibility index (Phi) is 5.80. The summed E-state index contributed by atoms with van der Waals surface area (Å²) in [6, 6.07) is 12.8. The molecule has 2 aromatic carbocycles. The van der Waals surface area contributed by atoms with Crippen molar-refractivity contribution in [1.29, 1.82) is 0 Å². The largest absolute Gasteiger partial charge is 0.492 e. The lowest BCUT2D eigenvalue weighted by Gasteiger charge is -2.31. The summed E-state index contributed by atoms with van der Waals surface area (Å²) in [5.74, 6) is 2.15. The summed E-state index contributed by atoms with van der Waals surface area (Å²) in [5, 5.41) is 0.663. The third-order valence-electron chi connectivity index (χ3n) is 4.65. The van der Waals surface area contributed by atoms with E-state index in [1.807, 2.05) is 44.2 Å². The molecule has 0 aromatic heterocycles. The highest BCUT2D eigenvalue weighted by molar-refractivity contribution is 6.30. The number of nitrogens with zero attached hydrogens (tertiary/aromatic N) is 1. The fourth-order valence-electron chi connectivity index (χ4n) is 2.97. The summed E-state index contributed by atoms with van der Waals surface area (Å²) in [6.07, 6.45) is 0. The van der Waals surface area contributed by atoms with E-state index < -0.39 is 5.41 Å². The van der Waals surface area contributed by atoms with E-state index in [9.17, 15) is 4.79 Å². The third kappa shape index (κ3) is 4.48. The zero-order chi connectivity index (χ0) is 19.4. The van der Waals surface area contributed by atoms with Gasteiger partial charge in [0.25, 0.3) is 0 Å². The second-order valence-corrected chi connectivity index (χ2v) is 7.45. The van der Waals surface area contributed by atoms with Crippen molar-refractivity contribution in [3.05, 3.63) is 53.1 Å². The molecule has 144 valence electrons. The van der Waals surface area contributed by atoms with Gasteiger partial charge in [0.05, 0.1) is 12.0 Å². The highest BCUT2D eigenvalue weighted by Crippen LogP contribution is 2.35. The Morgan fingerprint density at radius 2 is 1.78 bits per heavy atom. The number of rotatable bonds is 6. The number of hydrogen-bond acceptors (Lipinski definition) is 4. The first-order valence-electron chi connectivity index (χ1n) is 8.92. The molecule has 0 unspecified atom stereocenters. The summed E-state index contributed by atoms with van der Waals surface area (Å²) < 4.78 is 16.9. The van der Waals surface area contributed by atoms with Crippen LogP contribution in [0.15, 0.2) is 42.5 Å². The van der Waals surface area contributed by atoms with Gasteiger partial charge in [-0.05, 0) is 55.8 Å². The number of hydrogen-bond donors (Lipinski definition) is 0. The maximum Gasteiger partial charge on any atom is 0.232 e. The van der Waals surface area contributed by atoms with Crippen LogP contribution in [0.5, 0.6) is 17.2 Å². The van der Waals surface area contributed by atoms with Crippen molar-refractivity contribution in [1.82, 2.24) is 4.90 Å². The Bertz CT molecular complexity index is 804. The first kappa shape index (κ1) is 19.4. The summed E-state index contributed by atoms with van der Waals surface area (Å²) in [7, 11) is 1.79. The SMILES string of the molecule is CN(CCOc1ccc(Cl)cc1)C(=O)C(C)(C)c1ccc2c(c1)OCCO2. The topological polar surface area (TPSA) is 48.0 Å². The molecule has 0 saturated heterocycles. The van der Waals surface area contributed by atoms with Gasteiger partial charge < -0.3 is 19.1 Å². The van der Waals surface area contributed by atoms with Crippen LogP contribution >= 0.6 is 11.6 Å². The number of carbonyl (C=O) groups excluding carboxylic acids is 1. The second kappa shape index (κ2) is 8.09. The fourth-order valence-corrected chi connectivity index (χ4v) is 3.09. The zero-order valence-electron chi connectivity index (χ0n) is 15.8. The normalized spacial score (nSPS) is 13.2. The summed E-state index contributed by atoms with van der Waals surface area (Å²) in [6.45, 7) is 5.78. The number of carbonyl (C=O) groups is 1. The first-order valence-corrected chi connectivity index (χ1v) is 9.30. The number of fused-ring (bicyclic) bond motifs is 1. The Morgan fingerprint density at radius 1 is 1.11 bits per heavy atom. The van der Waals surface area contributed by atoms with E-state index in [0.717, 1.165) is 17.1 Å². The van der Waals surface area contributed by atoms with Crippen LogP contribution in [-0.2, 0) is 10.2 Å². The highest BCUT2D eigenvalue weighted by atomic mass is 35.5. The summed E-state index contributed by atoms with van der Waals surface area (Å²) in [4.78, 5) is 14.7. The lowest BCUT2D eigenvalue weighted by molar-refractivity contribution is -0.135. The van der Waals surface area contributed by atoms with Gasteiger partial charge >= 0.3 is 0 Å². The zero-order valence-corrected chi connectivity index (χ0v) is 16.6. The molecule has 6 heteroatoms. The molecule has 0 N–H and O–H groups in total. The standard InChI is InChI=1S/C21H24ClNO4/c1-21(2,15-4-9-18-19(14-15)27-13-12-26-18)20(24)23(3)10-11-25-17-7-5-16(22)6-8-17/h4-9,14H,10-13H2,1-3H3. The van der Waals surface area contributed by atoms with Gasteiger partial charge in [0.1, 0.15) is 25.6 Å². The minimum absolute atomic E-state index is 0.0129. The number of likely N-dealkylation sites (N-methyl/N-ethyl adjacent to an activating group) is 1. The predicted octanol–water partition coefficient (Wildman–Crippen LogP) is 3.93. The van der Waals surface area contributed by atoms with Crippen molar-refractivity contribution in [2.75, 3.05) is 33.4 Å². The molecule has 3 rings (SSSR count). The fraction of sp³-hybridized carbons (Fsp3) is 0.381. The van der Waals surface area contributed by atoms with Crippen LogP contribution in [0.1, 0.15) is 19.4 Å². The van der Waals surface area contributed by atoms with E-state index in [4.69, 9.17) is 25.8 Å². The average molecular weight is 390 g/mol. The molecular formula is C21H24ClNO4. The van der Waals surface area contributed by atoms with Crippen molar-refractivity contribution in [3.8, 4) is 17.2 Å². The maximum atomic E-state index is 13.0. The van der Waals surface area contributed by atoms with Gasteiger partial charge in [0.2, 0.25) is 5.91 Å². The van der Waals surface area contributed by atoms with Crippen molar-refractivity contribution < 1.29 is 19.0 Å². The van der Waals surface area contributed by atoms with E-state index in [1.165, 1.54) is 0 Å². The van der Waals surface area contributed by atoms with Gasteiger partial charge in [0.15, 0.2) is 11.5 Å². The van der Waals surface area contributed by atoms with Gasteiger partial charge in [-0.15, -0.1) is 0 Å². The molecule has 1 aliphatic rings. The van der Waals surface area contributed by atoms with Crippen LogP contribution in [0, 0.1) is 0 Å². The molecule has 1 amide bonds. The lowest BCUT2D eigenvalue weighted by atomic mass is 9.83. The molecule has 1 heterocycles. The quantitative estimate of drug-likeness (QED) is 0.751. The van der Waals surface area contributed by atoms with Crippen molar-refractivity contribution in [2.45, 2.75) is 19.3 Å². The number of halogens is 1. The third-order valence-corrected chi connectivity index (χ3v) is 4.91. The van der Waals surface area contributed by atoms with E-state index >= 15 is 0 Å². The molecule has 0 bridgehead atoms. The summed E-state index contributed by atoms with van der Waals surface area (Å²) >= 11 is 5.87. The van der Waals surface area contributed by atoms with E-state index in [2.05, 4.69) is 0 Å². The van der Waals surface area contributed by atoms with Crippen LogP contribution in [0.25, 0.3) is 0 Å². The highest BCUT2D eigenvalue weighted by Gasteiger charge is 2.33. The monoisotopic (exact) mass is 389 g/mol. The molecular weight excluding hydrogens is 366 g/mol. The molecule has 1 aliphatic heterocycles. The minimum Gasteiger partial charge on any atom is -0.492 e. The Balaban J connectivity index is 1.61. The molecule has 27 heavy (non-hydrogen) atoms. The molecule has 0 atom stereocenters. The molecule has 0 spiro atoms. The van der Waals surface area contributed by atoms with Crippen molar-refractivity contribution in [2.24, 2.45) is 0 Å². The van der Waals surface area contributed by atoms with Crippen LogP contribution < -0.4 is 14.2 Å². The smallest absolute Gasteiger partial charge is 0.232 e. The van der Waals surface area contributed by atoms with Gasteiger partial charge in [-0.3, -0.25) is 4.79 Å². The van der Waals surface area contributed by atoms with Crippen LogP contribution in [-0.4, -0.2) is 44.2 Å². The summed E-state index contributed by atoms with van der Waals surface area (Å²) in [5.41, 5.74) is 0.201. The van der Waals surface area contributed by atoms with E-state index in [0.29, 0.717) is 37.1 Å². The average Bonchev–Trinajstić information content (AvgIpc) is 2.68. The minimum atomic E-state index is -0.690. The van der Waals surface area contributed by atoms with Crippen molar-refractivity contribution >= 4 is 17.5 Å². The molecule has 0 saturated carbocycles. The molecule has 5 nitrogen and oxygen atoms in total. The Hall–Kier alpha value is -2.40. The number of ether oxygens (including phenoxy) is 3. The molecule has 0 fully saturated rings.